The highest BCUT2D eigenvalue weighted by atomic mass is 16.3. The molecule has 2 aliphatic carbocycles. The van der Waals surface area contributed by atoms with Crippen molar-refractivity contribution in [3.05, 3.63) is 0 Å². The van der Waals surface area contributed by atoms with Gasteiger partial charge in [0.15, 0.2) is 0 Å². The van der Waals surface area contributed by atoms with Crippen LogP contribution in [0.25, 0.3) is 0 Å². The average molecular weight is 263 g/mol. The lowest BCUT2D eigenvalue weighted by atomic mass is 9.67. The molecule has 3 unspecified atom stereocenters. The highest BCUT2D eigenvalue weighted by Crippen LogP contribution is 2.55. The van der Waals surface area contributed by atoms with Gasteiger partial charge in [-0.1, -0.05) is 33.6 Å². The molecule has 0 amide bonds. The van der Waals surface area contributed by atoms with Crippen LogP contribution in [-0.4, -0.2) is 10.7 Å². The van der Waals surface area contributed by atoms with Gasteiger partial charge < -0.3 is 5.11 Å². The monoisotopic (exact) mass is 263 g/mol. The van der Waals surface area contributed by atoms with Gasteiger partial charge in [0.1, 0.15) is 0 Å². The van der Waals surface area contributed by atoms with Gasteiger partial charge in [0.25, 0.3) is 0 Å². The molecule has 2 aliphatic rings. The Morgan fingerprint density at radius 2 is 1.89 bits per heavy atom. The zero-order chi connectivity index (χ0) is 14.1. The molecule has 0 aromatic heterocycles. The van der Waals surface area contributed by atoms with E-state index in [2.05, 4.69) is 26.8 Å². The molecule has 0 aromatic carbocycles. The molecular formula is C17H29NO. The van der Waals surface area contributed by atoms with E-state index in [-0.39, 0.29) is 0 Å². The Kier molecular flexibility index (Phi) is 3.98. The summed E-state index contributed by atoms with van der Waals surface area (Å²) in [4.78, 5) is 0. The summed E-state index contributed by atoms with van der Waals surface area (Å²) in [6, 6.07) is 2.56. The quantitative estimate of drug-likeness (QED) is 0.749. The minimum Gasteiger partial charge on any atom is -0.388 e. The first-order valence-electron chi connectivity index (χ1n) is 8.00. The second kappa shape index (κ2) is 5.09. The van der Waals surface area contributed by atoms with Gasteiger partial charge in [-0.15, -0.1) is 0 Å². The summed E-state index contributed by atoms with van der Waals surface area (Å²) in [5, 5.41) is 21.0. The molecule has 2 nitrogen and oxygen atoms in total. The first-order chi connectivity index (χ1) is 8.86. The van der Waals surface area contributed by atoms with E-state index in [1.807, 2.05) is 0 Å². The Morgan fingerprint density at radius 3 is 2.47 bits per heavy atom. The average Bonchev–Trinajstić information content (AvgIpc) is 2.76. The molecule has 0 saturated heterocycles. The summed E-state index contributed by atoms with van der Waals surface area (Å²) in [5.41, 5.74) is -0.878. The fourth-order valence-electron chi connectivity index (χ4n) is 4.26. The van der Waals surface area contributed by atoms with Crippen LogP contribution in [0.2, 0.25) is 0 Å². The van der Waals surface area contributed by atoms with Crippen molar-refractivity contribution in [3.8, 4) is 6.07 Å². The highest BCUT2D eigenvalue weighted by Gasteiger charge is 2.54. The molecule has 2 heteroatoms. The van der Waals surface area contributed by atoms with Crippen LogP contribution in [0, 0.1) is 28.1 Å². The molecule has 0 heterocycles. The van der Waals surface area contributed by atoms with E-state index < -0.39 is 11.0 Å². The molecule has 19 heavy (non-hydrogen) atoms. The van der Waals surface area contributed by atoms with E-state index in [0.29, 0.717) is 11.3 Å². The highest BCUT2D eigenvalue weighted by molar-refractivity contribution is 5.15. The lowest BCUT2D eigenvalue weighted by Crippen LogP contribution is -2.46. The van der Waals surface area contributed by atoms with E-state index in [4.69, 9.17) is 0 Å². The van der Waals surface area contributed by atoms with Crippen LogP contribution >= 0.6 is 0 Å². The molecule has 2 rings (SSSR count). The van der Waals surface area contributed by atoms with Crippen molar-refractivity contribution in [2.24, 2.45) is 16.7 Å². The number of nitrogens with zero attached hydrogens (tertiary/aromatic N) is 1. The van der Waals surface area contributed by atoms with E-state index in [9.17, 15) is 10.4 Å². The van der Waals surface area contributed by atoms with Crippen molar-refractivity contribution in [1.29, 1.82) is 5.26 Å². The van der Waals surface area contributed by atoms with E-state index in [0.717, 1.165) is 51.4 Å². The van der Waals surface area contributed by atoms with Gasteiger partial charge in [0, 0.05) is 0 Å². The standard InChI is InChI=1S/C17H29NO/c1-4-14-6-9-16(12-14,13-18)17(19)8-5-7-15(2,3)10-11-17/h14,19H,4-12H2,1-3H3. The fraction of sp³-hybridized carbons (Fsp3) is 0.941. The first kappa shape index (κ1) is 14.9. The van der Waals surface area contributed by atoms with Gasteiger partial charge in [-0.2, -0.15) is 5.26 Å². The van der Waals surface area contributed by atoms with Crippen LogP contribution in [-0.2, 0) is 0 Å². The predicted molar refractivity (Wildman–Crippen MR) is 77.5 cm³/mol. The van der Waals surface area contributed by atoms with Crippen molar-refractivity contribution < 1.29 is 5.11 Å². The molecule has 0 radical (unpaired) electrons. The number of hydrogen-bond acceptors (Lipinski definition) is 2. The van der Waals surface area contributed by atoms with Crippen molar-refractivity contribution >= 4 is 0 Å². The number of aliphatic hydroxyl groups is 1. The van der Waals surface area contributed by atoms with Crippen LogP contribution in [0.15, 0.2) is 0 Å². The summed E-state index contributed by atoms with van der Waals surface area (Å²) < 4.78 is 0. The van der Waals surface area contributed by atoms with Crippen LogP contribution in [0.1, 0.15) is 78.6 Å². The van der Waals surface area contributed by atoms with Crippen LogP contribution < -0.4 is 0 Å². The van der Waals surface area contributed by atoms with Crippen LogP contribution in [0.4, 0.5) is 0 Å². The Hall–Kier alpha value is -0.550. The minimum absolute atomic E-state index is 0.323. The minimum atomic E-state index is -0.737. The van der Waals surface area contributed by atoms with Crippen LogP contribution in [0.3, 0.4) is 0 Å². The Labute approximate surface area is 118 Å². The topological polar surface area (TPSA) is 44.0 Å². The summed E-state index contributed by atoms with van der Waals surface area (Å²) in [7, 11) is 0. The molecule has 2 fully saturated rings. The maximum Gasteiger partial charge on any atom is 0.0863 e. The molecule has 0 bridgehead atoms. The normalized spacial score (nSPS) is 42.6. The lowest BCUT2D eigenvalue weighted by molar-refractivity contribution is -0.0681. The second-order valence-corrected chi connectivity index (χ2v) is 7.76. The molecule has 0 aromatic rings. The zero-order valence-corrected chi connectivity index (χ0v) is 12.8. The Bertz CT molecular complexity index is 370. The summed E-state index contributed by atoms with van der Waals surface area (Å²) >= 11 is 0. The summed E-state index contributed by atoms with van der Waals surface area (Å²) in [5.74, 6) is 0.639. The van der Waals surface area contributed by atoms with Gasteiger partial charge in [-0.05, 0) is 56.3 Å². The summed E-state index contributed by atoms with van der Waals surface area (Å²) in [6.07, 6.45) is 8.99. The van der Waals surface area contributed by atoms with E-state index >= 15 is 0 Å². The lowest BCUT2D eigenvalue weighted by Gasteiger charge is -2.40. The SMILES string of the molecule is CCC1CCC(C#N)(C2(O)CCCC(C)(C)CC2)C1. The van der Waals surface area contributed by atoms with Crippen LogP contribution in [0.5, 0.6) is 0 Å². The van der Waals surface area contributed by atoms with Gasteiger partial charge in [0.2, 0.25) is 0 Å². The number of rotatable bonds is 2. The molecule has 108 valence electrons. The molecular weight excluding hydrogens is 234 g/mol. The number of hydrogen-bond donors (Lipinski definition) is 1. The largest absolute Gasteiger partial charge is 0.388 e. The van der Waals surface area contributed by atoms with Gasteiger partial charge in [-0.25, -0.2) is 0 Å². The van der Waals surface area contributed by atoms with Gasteiger partial charge in [0.05, 0.1) is 17.1 Å². The third kappa shape index (κ3) is 2.68. The maximum atomic E-state index is 11.2. The fourth-order valence-corrected chi connectivity index (χ4v) is 4.26. The molecule has 2 saturated carbocycles. The zero-order valence-electron chi connectivity index (χ0n) is 12.8. The molecule has 0 aliphatic heterocycles. The molecule has 1 N–H and O–H groups in total. The second-order valence-electron chi connectivity index (χ2n) is 7.76. The Morgan fingerprint density at radius 1 is 1.16 bits per heavy atom. The molecule has 0 spiro atoms. The predicted octanol–water partition coefficient (Wildman–Crippen LogP) is 4.43. The summed E-state index contributed by atoms with van der Waals surface area (Å²) in [6.45, 7) is 6.79. The van der Waals surface area contributed by atoms with Crippen molar-refractivity contribution in [1.82, 2.24) is 0 Å². The first-order valence-corrected chi connectivity index (χ1v) is 8.00. The van der Waals surface area contributed by atoms with E-state index in [1.54, 1.807) is 0 Å². The third-order valence-corrected chi connectivity index (χ3v) is 5.96. The smallest absolute Gasteiger partial charge is 0.0863 e. The van der Waals surface area contributed by atoms with Crippen molar-refractivity contribution in [2.75, 3.05) is 0 Å². The van der Waals surface area contributed by atoms with E-state index in [1.165, 1.54) is 6.42 Å². The third-order valence-electron chi connectivity index (χ3n) is 5.96. The number of nitriles is 1. The molecule has 3 atom stereocenters. The Balaban J connectivity index is 2.20. The van der Waals surface area contributed by atoms with Crippen molar-refractivity contribution in [2.45, 2.75) is 84.2 Å². The maximum absolute atomic E-state index is 11.2. The van der Waals surface area contributed by atoms with Gasteiger partial charge in [-0.3, -0.25) is 0 Å². The van der Waals surface area contributed by atoms with Crippen molar-refractivity contribution in [3.63, 3.8) is 0 Å². The van der Waals surface area contributed by atoms with Gasteiger partial charge >= 0.3 is 0 Å².